The third-order valence-electron chi connectivity index (χ3n) is 7.66. The van der Waals surface area contributed by atoms with Crippen molar-refractivity contribution in [3.8, 4) is 51.2 Å². The van der Waals surface area contributed by atoms with E-state index in [-0.39, 0.29) is 5.75 Å². The number of hydrogen-bond acceptors (Lipinski definition) is 6. The Bertz CT molecular complexity index is 1370. The number of phenolic OH excluding ortho intramolecular Hbond substituents is 1. The molecule has 0 fully saturated rings. The fraction of sp³-hybridized carbons (Fsp3) is 0.382. The Hall–Kier alpha value is -4.13. The number of nitrogens with one attached hydrogen (secondary N) is 1. The Balaban J connectivity index is 1.78. The number of nitrogens with zero attached hydrogens (tertiary/aromatic N) is 3. The molecule has 0 saturated heterocycles. The van der Waals surface area contributed by atoms with Crippen molar-refractivity contribution >= 4 is 11.4 Å². The summed E-state index contributed by atoms with van der Waals surface area (Å²) >= 11 is 0. The molecule has 3 aromatic carbocycles. The lowest BCUT2D eigenvalue weighted by Gasteiger charge is -2.23. The van der Waals surface area contributed by atoms with Crippen molar-refractivity contribution < 1.29 is 14.6 Å². The van der Waals surface area contributed by atoms with Crippen molar-refractivity contribution in [2.24, 2.45) is 0 Å². The third kappa shape index (κ3) is 6.62. The summed E-state index contributed by atoms with van der Waals surface area (Å²) in [4.78, 5) is 13.4. The second-order valence-electron chi connectivity index (χ2n) is 10.1. The molecule has 0 amide bonds. The average molecular weight is 557 g/mol. The normalized spacial score (nSPS) is 11.0. The zero-order valence-electron chi connectivity index (χ0n) is 25.3. The van der Waals surface area contributed by atoms with Gasteiger partial charge in [-0.25, -0.2) is 4.98 Å². The van der Waals surface area contributed by atoms with Crippen LogP contribution in [-0.4, -0.2) is 55.5 Å². The molecule has 1 heterocycles. The Morgan fingerprint density at radius 3 is 1.76 bits per heavy atom. The number of benzene rings is 3. The molecule has 1 aromatic heterocycles. The summed E-state index contributed by atoms with van der Waals surface area (Å²) in [6.07, 6.45) is 3.66. The Morgan fingerprint density at radius 2 is 1.24 bits per heavy atom. The number of aromatic nitrogens is 2. The number of imidazole rings is 1. The number of aromatic amines is 1. The van der Waals surface area contributed by atoms with E-state index in [4.69, 9.17) is 14.5 Å². The van der Waals surface area contributed by atoms with Gasteiger partial charge >= 0.3 is 0 Å². The lowest BCUT2D eigenvalue weighted by atomic mass is 10.0. The van der Waals surface area contributed by atoms with Crippen LogP contribution in [-0.2, 0) is 0 Å². The van der Waals surface area contributed by atoms with Gasteiger partial charge in [0, 0.05) is 54.2 Å². The Labute approximate surface area is 244 Å². The summed E-state index contributed by atoms with van der Waals surface area (Å²) in [5.74, 6) is 1.29. The minimum Gasteiger partial charge on any atom is -0.502 e. The quantitative estimate of drug-likeness (QED) is 0.153. The Morgan fingerprint density at radius 1 is 0.707 bits per heavy atom. The van der Waals surface area contributed by atoms with E-state index in [1.54, 1.807) is 12.1 Å². The molecule has 0 bridgehead atoms. The van der Waals surface area contributed by atoms with Gasteiger partial charge in [-0.1, -0.05) is 44.0 Å². The van der Waals surface area contributed by atoms with Crippen LogP contribution in [0.15, 0.2) is 60.7 Å². The summed E-state index contributed by atoms with van der Waals surface area (Å²) < 4.78 is 10.8. The highest BCUT2D eigenvalue weighted by atomic mass is 16.5. The fourth-order valence-corrected chi connectivity index (χ4v) is 5.24. The first kappa shape index (κ1) is 29.8. The number of aromatic hydroxyl groups is 1. The first-order chi connectivity index (χ1) is 20.0. The standard InChI is InChI=1S/C34H44N4O3/c1-7-11-12-21-38(10-4)28-19-15-25(16-20-28)32-31(24-13-17-27(18-14-24)37(8-2)9-3)35-34(36-32)26-22-29(40-5)33(39)30(23-26)41-6/h13-20,22-23,39H,7-12,21H2,1-6H3,(H,35,36). The van der Waals surface area contributed by atoms with Gasteiger partial charge in [0.2, 0.25) is 5.75 Å². The smallest absolute Gasteiger partial charge is 0.200 e. The van der Waals surface area contributed by atoms with Crippen LogP contribution < -0.4 is 19.3 Å². The van der Waals surface area contributed by atoms with Crippen LogP contribution in [0.3, 0.4) is 0 Å². The summed E-state index contributed by atoms with van der Waals surface area (Å²) in [7, 11) is 3.05. The topological polar surface area (TPSA) is 73.9 Å². The van der Waals surface area contributed by atoms with Gasteiger partial charge in [0.25, 0.3) is 0 Å². The lowest BCUT2D eigenvalue weighted by Crippen LogP contribution is -2.23. The van der Waals surface area contributed by atoms with Gasteiger partial charge in [-0.3, -0.25) is 0 Å². The highest BCUT2D eigenvalue weighted by Crippen LogP contribution is 2.41. The second kappa shape index (κ2) is 14.0. The van der Waals surface area contributed by atoms with E-state index >= 15 is 0 Å². The molecule has 0 aliphatic rings. The van der Waals surface area contributed by atoms with Crippen LogP contribution in [0.5, 0.6) is 17.2 Å². The monoisotopic (exact) mass is 556 g/mol. The van der Waals surface area contributed by atoms with E-state index in [1.807, 2.05) is 0 Å². The van der Waals surface area contributed by atoms with Crippen molar-refractivity contribution in [3.63, 3.8) is 0 Å². The van der Waals surface area contributed by atoms with Gasteiger partial charge in [0.15, 0.2) is 11.5 Å². The van der Waals surface area contributed by atoms with E-state index in [0.717, 1.165) is 54.3 Å². The molecule has 0 aliphatic heterocycles. The lowest BCUT2D eigenvalue weighted by molar-refractivity contribution is 0.340. The maximum Gasteiger partial charge on any atom is 0.200 e. The van der Waals surface area contributed by atoms with E-state index in [2.05, 4.69) is 91.0 Å². The molecule has 0 spiro atoms. The number of hydrogen-bond donors (Lipinski definition) is 2. The number of phenols is 1. The maximum absolute atomic E-state index is 10.5. The van der Waals surface area contributed by atoms with Gasteiger partial charge in [-0.15, -0.1) is 0 Å². The Kier molecular flexibility index (Phi) is 10.2. The van der Waals surface area contributed by atoms with Gasteiger partial charge in [-0.05, 0) is 63.6 Å². The van der Waals surface area contributed by atoms with Gasteiger partial charge in [0.05, 0.1) is 25.6 Å². The molecule has 4 aromatic rings. The van der Waals surface area contributed by atoms with Crippen LogP contribution in [0.4, 0.5) is 11.4 Å². The van der Waals surface area contributed by atoms with E-state index in [0.29, 0.717) is 17.3 Å². The van der Waals surface area contributed by atoms with E-state index < -0.39 is 0 Å². The molecule has 4 rings (SSSR count). The first-order valence-electron chi connectivity index (χ1n) is 14.7. The molecule has 41 heavy (non-hydrogen) atoms. The van der Waals surface area contributed by atoms with Crippen LogP contribution in [0.2, 0.25) is 0 Å². The summed E-state index contributed by atoms with van der Waals surface area (Å²) in [5.41, 5.74) is 7.05. The zero-order valence-corrected chi connectivity index (χ0v) is 25.3. The molecular weight excluding hydrogens is 512 g/mol. The predicted octanol–water partition coefficient (Wildman–Crippen LogP) is 8.00. The molecule has 0 radical (unpaired) electrons. The van der Waals surface area contributed by atoms with Gasteiger partial charge < -0.3 is 29.4 Å². The molecule has 0 unspecified atom stereocenters. The average Bonchev–Trinajstić information content (AvgIpc) is 3.46. The third-order valence-corrected chi connectivity index (χ3v) is 7.66. The minimum absolute atomic E-state index is 0.0345. The van der Waals surface area contributed by atoms with Crippen molar-refractivity contribution in [2.45, 2.75) is 47.0 Å². The molecule has 0 atom stereocenters. The summed E-state index contributed by atoms with van der Waals surface area (Å²) in [5, 5.41) is 10.5. The molecule has 0 saturated carbocycles. The summed E-state index contributed by atoms with van der Waals surface area (Å²) in [6, 6.07) is 20.9. The number of unbranched alkanes of at least 4 members (excludes halogenated alkanes) is 2. The molecule has 0 aliphatic carbocycles. The van der Waals surface area contributed by atoms with Crippen LogP contribution in [0, 0.1) is 0 Å². The molecule has 218 valence electrons. The van der Waals surface area contributed by atoms with Crippen LogP contribution >= 0.6 is 0 Å². The van der Waals surface area contributed by atoms with Gasteiger partial charge in [-0.2, -0.15) is 0 Å². The molecular formula is C34H44N4O3. The van der Waals surface area contributed by atoms with Gasteiger partial charge in [0.1, 0.15) is 5.82 Å². The predicted molar refractivity (Wildman–Crippen MR) is 171 cm³/mol. The van der Waals surface area contributed by atoms with Crippen molar-refractivity contribution in [2.75, 3.05) is 50.2 Å². The van der Waals surface area contributed by atoms with E-state index in [1.165, 1.54) is 44.9 Å². The second-order valence-corrected chi connectivity index (χ2v) is 10.1. The van der Waals surface area contributed by atoms with Crippen LogP contribution in [0.25, 0.3) is 33.9 Å². The van der Waals surface area contributed by atoms with E-state index in [9.17, 15) is 5.11 Å². The number of ether oxygens (including phenoxy) is 2. The van der Waals surface area contributed by atoms with Crippen LogP contribution in [0.1, 0.15) is 47.0 Å². The first-order valence-corrected chi connectivity index (χ1v) is 14.7. The highest BCUT2D eigenvalue weighted by Gasteiger charge is 2.19. The minimum atomic E-state index is -0.0345. The zero-order chi connectivity index (χ0) is 29.4. The number of H-pyrrole nitrogens is 1. The summed E-state index contributed by atoms with van der Waals surface area (Å²) in [6.45, 7) is 12.7. The highest BCUT2D eigenvalue weighted by molar-refractivity contribution is 5.83. The van der Waals surface area contributed by atoms with Crippen molar-refractivity contribution in [1.82, 2.24) is 9.97 Å². The SMILES string of the molecule is CCCCCN(CC)c1ccc(-c2nc(-c3cc(OC)c(O)c(OC)c3)[nH]c2-c2ccc(N(CC)CC)cc2)cc1. The number of rotatable bonds is 14. The number of methoxy groups -OCH3 is 2. The molecule has 2 N–H and O–H groups in total. The fourth-order valence-electron chi connectivity index (χ4n) is 5.24. The van der Waals surface area contributed by atoms with Crippen molar-refractivity contribution in [1.29, 1.82) is 0 Å². The molecule has 7 nitrogen and oxygen atoms in total. The van der Waals surface area contributed by atoms with Crippen molar-refractivity contribution in [3.05, 3.63) is 60.7 Å². The number of anilines is 2. The maximum atomic E-state index is 10.5. The molecule has 7 heteroatoms. The largest absolute Gasteiger partial charge is 0.502 e.